The van der Waals surface area contributed by atoms with E-state index in [1.54, 1.807) is 0 Å². The van der Waals surface area contributed by atoms with Crippen LogP contribution in [0.1, 0.15) is 39.2 Å². The van der Waals surface area contributed by atoms with E-state index < -0.39 is 0 Å². The fourth-order valence-corrected chi connectivity index (χ4v) is 1.46. The van der Waals surface area contributed by atoms with Gasteiger partial charge in [-0.1, -0.05) is 36.3 Å². The molecule has 0 N–H and O–H groups in total. The summed E-state index contributed by atoms with van der Waals surface area (Å²) in [5.74, 6) is 6.26. The molecule has 0 unspecified atom stereocenters. The highest BCUT2D eigenvalue weighted by atomic mass is 16.5. The maximum Gasteiger partial charge on any atom is 0.159 e. The van der Waals surface area contributed by atoms with Crippen molar-refractivity contribution in [2.24, 2.45) is 5.41 Å². The third kappa shape index (κ3) is 8.18. The molecule has 102 valence electrons. The topological polar surface area (TPSA) is 26.3 Å². The van der Waals surface area contributed by atoms with Gasteiger partial charge in [-0.15, -0.1) is 5.92 Å². The summed E-state index contributed by atoms with van der Waals surface area (Å²) in [6, 6.07) is 9.85. The van der Waals surface area contributed by atoms with Gasteiger partial charge in [0.2, 0.25) is 0 Å². The normalized spacial score (nSPS) is 10.7. The van der Waals surface area contributed by atoms with Gasteiger partial charge in [-0.2, -0.15) is 0 Å². The summed E-state index contributed by atoms with van der Waals surface area (Å²) in [5.41, 5.74) is 1.09. The molecule has 0 bridgehead atoms. The molecule has 0 aliphatic rings. The maximum atomic E-state index is 11.6. The summed E-state index contributed by atoms with van der Waals surface area (Å²) in [6.45, 7) is 6.84. The molecule has 0 aliphatic carbocycles. The van der Waals surface area contributed by atoms with E-state index >= 15 is 0 Å². The van der Waals surface area contributed by atoms with Gasteiger partial charge >= 0.3 is 0 Å². The van der Waals surface area contributed by atoms with Gasteiger partial charge in [-0.25, -0.2) is 0 Å². The standard InChI is InChI=1S/C17H22O2/c1-17(2,3)12-8-7-11-16(18)14-19-13-15-9-5-4-6-10-15/h4-6,9-10H,7,11,13-14H2,1-3H3. The quantitative estimate of drug-likeness (QED) is 0.729. The van der Waals surface area contributed by atoms with Crippen LogP contribution in [0.25, 0.3) is 0 Å². The number of ether oxygens (including phenoxy) is 1. The lowest BCUT2D eigenvalue weighted by atomic mass is 9.98. The van der Waals surface area contributed by atoms with Crippen molar-refractivity contribution in [2.45, 2.75) is 40.2 Å². The number of carbonyl (C=O) groups is 1. The Hall–Kier alpha value is -1.59. The zero-order chi connectivity index (χ0) is 14.1. The van der Waals surface area contributed by atoms with Crippen molar-refractivity contribution in [3.05, 3.63) is 35.9 Å². The minimum atomic E-state index is 0.00680. The number of hydrogen-bond acceptors (Lipinski definition) is 2. The van der Waals surface area contributed by atoms with E-state index in [1.165, 1.54) is 0 Å². The Balaban J connectivity index is 2.16. The van der Waals surface area contributed by atoms with E-state index in [1.807, 2.05) is 30.3 Å². The van der Waals surface area contributed by atoms with Gasteiger partial charge in [0.15, 0.2) is 5.78 Å². The SMILES string of the molecule is CC(C)(C)C#CCCC(=O)COCc1ccccc1. The molecule has 0 heterocycles. The smallest absolute Gasteiger partial charge is 0.159 e. The second kappa shape index (κ2) is 7.76. The van der Waals surface area contributed by atoms with Gasteiger partial charge in [-0.3, -0.25) is 4.79 Å². The molecule has 0 atom stereocenters. The number of ketones is 1. The van der Waals surface area contributed by atoms with Gasteiger partial charge < -0.3 is 4.74 Å². The Bertz CT molecular complexity index is 444. The van der Waals surface area contributed by atoms with Crippen LogP contribution in [0.5, 0.6) is 0 Å². The Morgan fingerprint density at radius 2 is 1.89 bits per heavy atom. The Morgan fingerprint density at radius 3 is 2.53 bits per heavy atom. The summed E-state index contributed by atoms with van der Waals surface area (Å²) in [5, 5.41) is 0. The van der Waals surface area contributed by atoms with E-state index in [9.17, 15) is 4.79 Å². The molecule has 0 radical (unpaired) electrons. The summed E-state index contributed by atoms with van der Waals surface area (Å²) in [6.07, 6.45) is 1.09. The molecule has 0 aliphatic heterocycles. The Labute approximate surface area is 116 Å². The molecule has 0 saturated heterocycles. The molecule has 2 nitrogen and oxygen atoms in total. The Kier molecular flexibility index (Phi) is 6.32. The van der Waals surface area contributed by atoms with Crippen LogP contribution in [0, 0.1) is 17.3 Å². The molecule has 1 aromatic carbocycles. The van der Waals surface area contributed by atoms with E-state index in [0.717, 1.165) is 5.56 Å². The summed E-state index contributed by atoms with van der Waals surface area (Å²) < 4.78 is 5.38. The van der Waals surface area contributed by atoms with E-state index in [2.05, 4.69) is 32.6 Å². The van der Waals surface area contributed by atoms with Crippen molar-refractivity contribution in [3.63, 3.8) is 0 Å². The van der Waals surface area contributed by atoms with Gasteiger partial charge in [0.05, 0.1) is 6.61 Å². The fourth-order valence-electron chi connectivity index (χ4n) is 1.46. The largest absolute Gasteiger partial charge is 0.369 e. The third-order valence-electron chi connectivity index (χ3n) is 2.37. The number of benzene rings is 1. The van der Waals surface area contributed by atoms with Crippen LogP contribution in [-0.4, -0.2) is 12.4 Å². The zero-order valence-electron chi connectivity index (χ0n) is 12.0. The first-order valence-corrected chi connectivity index (χ1v) is 6.61. The predicted molar refractivity (Wildman–Crippen MR) is 77.6 cm³/mol. The van der Waals surface area contributed by atoms with Gasteiger partial charge in [0.1, 0.15) is 6.61 Å². The third-order valence-corrected chi connectivity index (χ3v) is 2.37. The van der Waals surface area contributed by atoms with Crippen LogP contribution >= 0.6 is 0 Å². The second-order valence-electron chi connectivity index (χ2n) is 5.57. The second-order valence-corrected chi connectivity index (χ2v) is 5.57. The molecular formula is C17H22O2. The number of carbonyl (C=O) groups excluding carboxylic acids is 1. The average Bonchev–Trinajstić information content (AvgIpc) is 2.35. The first-order valence-electron chi connectivity index (χ1n) is 6.61. The molecule has 0 aromatic heterocycles. The van der Waals surface area contributed by atoms with Crippen LogP contribution < -0.4 is 0 Å². The monoisotopic (exact) mass is 258 g/mol. The number of rotatable bonds is 6. The van der Waals surface area contributed by atoms with Crippen LogP contribution in [0.3, 0.4) is 0 Å². The van der Waals surface area contributed by atoms with Crippen molar-refractivity contribution in [2.75, 3.05) is 6.61 Å². The van der Waals surface area contributed by atoms with Crippen LogP contribution in [-0.2, 0) is 16.1 Å². The molecule has 1 rings (SSSR count). The first kappa shape index (κ1) is 15.5. The van der Waals surface area contributed by atoms with Crippen molar-refractivity contribution < 1.29 is 9.53 Å². The molecule has 0 fully saturated rings. The van der Waals surface area contributed by atoms with Crippen molar-refractivity contribution in [1.29, 1.82) is 0 Å². The van der Waals surface area contributed by atoms with Gasteiger partial charge in [0, 0.05) is 18.3 Å². The molecular weight excluding hydrogens is 236 g/mol. The minimum Gasteiger partial charge on any atom is -0.369 e. The summed E-state index contributed by atoms with van der Waals surface area (Å²) in [4.78, 5) is 11.6. The van der Waals surface area contributed by atoms with Gasteiger partial charge in [0.25, 0.3) is 0 Å². The summed E-state index contributed by atoms with van der Waals surface area (Å²) >= 11 is 0. The predicted octanol–water partition coefficient (Wildman–Crippen LogP) is 3.60. The van der Waals surface area contributed by atoms with Crippen molar-refractivity contribution in [3.8, 4) is 11.8 Å². The van der Waals surface area contributed by atoms with Crippen molar-refractivity contribution >= 4 is 5.78 Å². The van der Waals surface area contributed by atoms with E-state index in [0.29, 0.717) is 19.4 Å². The molecule has 0 saturated carbocycles. The van der Waals surface area contributed by atoms with E-state index in [-0.39, 0.29) is 17.8 Å². The van der Waals surface area contributed by atoms with Gasteiger partial charge in [-0.05, 0) is 26.3 Å². The molecule has 0 amide bonds. The lowest BCUT2D eigenvalue weighted by molar-refractivity contribution is -0.123. The molecule has 2 heteroatoms. The molecule has 1 aromatic rings. The number of Topliss-reactive ketones (excluding diaryl/α,β-unsaturated/α-hetero) is 1. The highest BCUT2D eigenvalue weighted by Gasteiger charge is 2.04. The highest BCUT2D eigenvalue weighted by molar-refractivity contribution is 5.79. The highest BCUT2D eigenvalue weighted by Crippen LogP contribution is 2.10. The van der Waals surface area contributed by atoms with Crippen molar-refractivity contribution in [1.82, 2.24) is 0 Å². The average molecular weight is 258 g/mol. The maximum absolute atomic E-state index is 11.6. The minimum absolute atomic E-state index is 0.00680. The molecule has 19 heavy (non-hydrogen) atoms. The first-order chi connectivity index (χ1) is 8.97. The van der Waals surface area contributed by atoms with Crippen LogP contribution in [0.4, 0.5) is 0 Å². The molecule has 0 spiro atoms. The number of hydrogen-bond donors (Lipinski definition) is 0. The van der Waals surface area contributed by atoms with Crippen LogP contribution in [0.2, 0.25) is 0 Å². The summed E-state index contributed by atoms with van der Waals surface area (Å²) in [7, 11) is 0. The lowest BCUT2D eigenvalue weighted by Crippen LogP contribution is -2.08. The fraction of sp³-hybridized carbons (Fsp3) is 0.471. The Morgan fingerprint density at radius 1 is 1.21 bits per heavy atom. The zero-order valence-corrected chi connectivity index (χ0v) is 12.0. The van der Waals surface area contributed by atoms with E-state index in [4.69, 9.17) is 4.74 Å². The van der Waals surface area contributed by atoms with Crippen LogP contribution in [0.15, 0.2) is 30.3 Å². The lowest BCUT2D eigenvalue weighted by Gasteiger charge is -2.06.